The van der Waals surface area contributed by atoms with E-state index in [1.54, 1.807) is 24.3 Å². The molecule has 202 valence electrons. The number of ether oxygens (including phenoxy) is 2. The lowest BCUT2D eigenvalue weighted by Gasteiger charge is -2.33. The molecule has 0 spiro atoms. The van der Waals surface area contributed by atoms with Gasteiger partial charge in [-0.2, -0.15) is 0 Å². The predicted molar refractivity (Wildman–Crippen MR) is 147 cm³/mol. The summed E-state index contributed by atoms with van der Waals surface area (Å²) in [7, 11) is 1.29. The molecular weight excluding hydrogens is 468 g/mol. The van der Waals surface area contributed by atoms with Crippen LogP contribution in [-0.4, -0.2) is 37.5 Å². The van der Waals surface area contributed by atoms with Crippen molar-refractivity contribution in [1.29, 1.82) is 0 Å². The van der Waals surface area contributed by atoms with Crippen molar-refractivity contribution in [3.05, 3.63) is 59.7 Å². The number of anilines is 1. The van der Waals surface area contributed by atoms with Crippen LogP contribution in [0.1, 0.15) is 77.2 Å². The highest BCUT2D eigenvalue weighted by molar-refractivity contribution is 5.99. The molecule has 0 saturated carbocycles. The van der Waals surface area contributed by atoms with Gasteiger partial charge in [-0.25, -0.2) is 4.79 Å². The van der Waals surface area contributed by atoms with Crippen molar-refractivity contribution in [2.75, 3.05) is 19.0 Å². The monoisotopic (exact) mass is 510 g/mol. The van der Waals surface area contributed by atoms with Crippen molar-refractivity contribution in [3.8, 4) is 5.75 Å². The molecule has 0 radical (unpaired) electrons. The first-order valence-corrected chi connectivity index (χ1v) is 12.7. The minimum absolute atomic E-state index is 0.0527. The van der Waals surface area contributed by atoms with Crippen molar-refractivity contribution in [2.45, 2.75) is 72.8 Å². The molecule has 0 aliphatic carbocycles. The zero-order valence-corrected chi connectivity index (χ0v) is 23.4. The van der Waals surface area contributed by atoms with Gasteiger partial charge in [0.25, 0.3) is 5.91 Å². The molecule has 7 nitrogen and oxygen atoms in total. The summed E-state index contributed by atoms with van der Waals surface area (Å²) in [5.74, 6) is -0.568. The largest absolute Gasteiger partial charge is 0.493 e. The standard InChI is InChI=1S/C30H42N2O5/c1-20(2)26(28(35)36-8)32-27(34)21-10-9-11-23(18-21)31-25(33)16-17-37-24-14-12-22(13-15-24)30(6,7)19-29(3,4)5/h9-15,18,20,26H,16-17,19H2,1-8H3,(H,31,33)(H,32,34)/t26-/m0/s1. The number of amides is 2. The maximum Gasteiger partial charge on any atom is 0.328 e. The van der Waals surface area contributed by atoms with Crippen molar-refractivity contribution >= 4 is 23.5 Å². The molecule has 0 bridgehead atoms. The van der Waals surface area contributed by atoms with Crippen LogP contribution >= 0.6 is 0 Å². The molecule has 0 aliphatic rings. The first-order valence-electron chi connectivity index (χ1n) is 12.7. The number of carbonyl (C=O) groups is 3. The molecule has 0 aliphatic heterocycles. The second-order valence-electron chi connectivity index (χ2n) is 11.6. The van der Waals surface area contributed by atoms with E-state index < -0.39 is 17.9 Å². The Bertz CT molecular complexity index is 1070. The summed E-state index contributed by atoms with van der Waals surface area (Å²) in [5, 5.41) is 5.49. The highest BCUT2D eigenvalue weighted by atomic mass is 16.5. The van der Waals surface area contributed by atoms with E-state index in [0.717, 1.165) is 6.42 Å². The summed E-state index contributed by atoms with van der Waals surface area (Å²) in [6.07, 6.45) is 1.22. The van der Waals surface area contributed by atoms with Gasteiger partial charge in [0.1, 0.15) is 11.8 Å². The van der Waals surface area contributed by atoms with E-state index in [2.05, 4.69) is 57.4 Å². The summed E-state index contributed by atoms with van der Waals surface area (Å²) >= 11 is 0. The van der Waals surface area contributed by atoms with Gasteiger partial charge in [-0.05, 0) is 59.1 Å². The number of carbonyl (C=O) groups excluding carboxylic acids is 3. The lowest BCUT2D eigenvalue weighted by atomic mass is 9.72. The van der Waals surface area contributed by atoms with E-state index in [-0.39, 0.29) is 35.7 Å². The van der Waals surface area contributed by atoms with Crippen LogP contribution in [-0.2, 0) is 19.7 Å². The van der Waals surface area contributed by atoms with E-state index in [0.29, 0.717) is 17.0 Å². The Labute approximate surface area is 221 Å². The van der Waals surface area contributed by atoms with Crippen LogP contribution in [0.15, 0.2) is 48.5 Å². The second-order valence-corrected chi connectivity index (χ2v) is 11.6. The topological polar surface area (TPSA) is 93.7 Å². The van der Waals surface area contributed by atoms with Gasteiger partial charge in [0, 0.05) is 11.3 Å². The fourth-order valence-electron chi connectivity index (χ4n) is 4.50. The highest BCUT2D eigenvalue weighted by Gasteiger charge is 2.27. The summed E-state index contributed by atoms with van der Waals surface area (Å²) in [4.78, 5) is 37.0. The molecule has 0 unspecified atom stereocenters. The van der Waals surface area contributed by atoms with Crippen LogP contribution in [0.2, 0.25) is 0 Å². The van der Waals surface area contributed by atoms with Gasteiger partial charge in [-0.3, -0.25) is 9.59 Å². The average molecular weight is 511 g/mol. The number of benzene rings is 2. The first-order chi connectivity index (χ1) is 17.2. The molecule has 2 aromatic rings. The van der Waals surface area contributed by atoms with Gasteiger partial charge in [0.2, 0.25) is 5.91 Å². The Morgan fingerprint density at radius 2 is 1.59 bits per heavy atom. The van der Waals surface area contributed by atoms with Gasteiger partial charge in [0.05, 0.1) is 20.1 Å². The molecule has 2 N–H and O–H groups in total. The Morgan fingerprint density at radius 1 is 0.946 bits per heavy atom. The third-order valence-electron chi connectivity index (χ3n) is 6.02. The van der Waals surface area contributed by atoms with Crippen LogP contribution in [0.25, 0.3) is 0 Å². The van der Waals surface area contributed by atoms with Gasteiger partial charge in [-0.1, -0.05) is 66.7 Å². The summed E-state index contributed by atoms with van der Waals surface area (Å²) in [6.45, 7) is 15.1. The van der Waals surface area contributed by atoms with E-state index in [1.807, 2.05) is 26.0 Å². The van der Waals surface area contributed by atoms with Crippen molar-refractivity contribution in [3.63, 3.8) is 0 Å². The predicted octanol–water partition coefficient (Wildman–Crippen LogP) is 5.74. The molecule has 1 atom stereocenters. The van der Waals surface area contributed by atoms with Gasteiger partial charge < -0.3 is 20.1 Å². The molecule has 2 rings (SSSR count). The smallest absolute Gasteiger partial charge is 0.328 e. The summed E-state index contributed by atoms with van der Waals surface area (Å²) in [6, 6.07) is 13.9. The number of methoxy groups -OCH3 is 1. The minimum atomic E-state index is -0.758. The van der Waals surface area contributed by atoms with Gasteiger partial charge in [-0.15, -0.1) is 0 Å². The van der Waals surface area contributed by atoms with Crippen LogP contribution in [0.5, 0.6) is 5.75 Å². The maximum absolute atomic E-state index is 12.6. The fraction of sp³-hybridized carbons (Fsp3) is 0.500. The van der Waals surface area contributed by atoms with Crippen LogP contribution < -0.4 is 15.4 Å². The third-order valence-corrected chi connectivity index (χ3v) is 6.02. The van der Waals surface area contributed by atoms with Gasteiger partial charge in [0.15, 0.2) is 0 Å². The van der Waals surface area contributed by atoms with Crippen LogP contribution in [0, 0.1) is 11.3 Å². The van der Waals surface area contributed by atoms with Crippen molar-refractivity contribution in [1.82, 2.24) is 5.32 Å². The number of esters is 1. The van der Waals surface area contributed by atoms with Crippen LogP contribution in [0.3, 0.4) is 0 Å². The SMILES string of the molecule is COC(=O)[C@@H](NC(=O)c1cccc(NC(=O)CCOc2ccc(C(C)(C)CC(C)(C)C)cc2)c1)C(C)C. The Morgan fingerprint density at radius 3 is 2.16 bits per heavy atom. The normalized spacial score (nSPS) is 12.6. The quantitative estimate of drug-likeness (QED) is 0.376. The molecule has 0 saturated heterocycles. The molecule has 37 heavy (non-hydrogen) atoms. The Balaban J connectivity index is 1.89. The second kappa shape index (κ2) is 12.7. The zero-order chi connectivity index (χ0) is 27.8. The minimum Gasteiger partial charge on any atom is -0.493 e. The Hall–Kier alpha value is -3.35. The third kappa shape index (κ3) is 9.56. The molecule has 7 heteroatoms. The van der Waals surface area contributed by atoms with E-state index in [9.17, 15) is 14.4 Å². The molecule has 2 amide bonds. The first kappa shape index (κ1) is 29.9. The molecule has 2 aromatic carbocycles. The number of hydrogen-bond acceptors (Lipinski definition) is 5. The molecule has 0 heterocycles. The highest BCUT2D eigenvalue weighted by Crippen LogP contribution is 2.36. The van der Waals surface area contributed by atoms with Crippen LogP contribution in [0.4, 0.5) is 5.69 Å². The molecule has 0 fully saturated rings. The summed E-state index contributed by atoms with van der Waals surface area (Å²) < 4.78 is 10.5. The van der Waals surface area contributed by atoms with Gasteiger partial charge >= 0.3 is 5.97 Å². The number of rotatable bonds is 11. The number of hydrogen-bond donors (Lipinski definition) is 2. The lowest BCUT2D eigenvalue weighted by molar-refractivity contribution is -0.144. The van der Waals surface area contributed by atoms with E-state index in [1.165, 1.54) is 12.7 Å². The average Bonchev–Trinajstić information content (AvgIpc) is 2.80. The summed E-state index contributed by atoms with van der Waals surface area (Å²) in [5.41, 5.74) is 2.36. The van der Waals surface area contributed by atoms with E-state index in [4.69, 9.17) is 9.47 Å². The lowest BCUT2D eigenvalue weighted by Crippen LogP contribution is -2.45. The molecular formula is C30H42N2O5. The number of nitrogens with one attached hydrogen (secondary N) is 2. The zero-order valence-electron chi connectivity index (χ0n) is 23.4. The molecule has 0 aromatic heterocycles. The fourth-order valence-corrected chi connectivity index (χ4v) is 4.50. The van der Waals surface area contributed by atoms with E-state index >= 15 is 0 Å². The Kier molecular flexibility index (Phi) is 10.3. The van der Waals surface area contributed by atoms with Crippen molar-refractivity contribution < 1.29 is 23.9 Å². The maximum atomic E-state index is 12.6. The van der Waals surface area contributed by atoms with Crippen molar-refractivity contribution in [2.24, 2.45) is 11.3 Å².